The molecule has 0 aliphatic carbocycles. The van der Waals surface area contributed by atoms with Crippen LogP contribution in [0.1, 0.15) is 5.56 Å². The molecule has 0 aromatic heterocycles. The highest BCUT2D eigenvalue weighted by atomic mass is 35.5. The number of methoxy groups -OCH3 is 2. The Morgan fingerprint density at radius 1 is 1.00 bits per heavy atom. The van der Waals surface area contributed by atoms with E-state index in [0.29, 0.717) is 33.5 Å². The average Bonchev–Trinajstić information content (AvgIpc) is 3.23. The monoisotopic (exact) mass is 386 g/mol. The highest BCUT2D eigenvalue weighted by Crippen LogP contribution is 2.37. The van der Waals surface area contributed by atoms with Crippen LogP contribution in [0.15, 0.2) is 47.6 Å². The van der Waals surface area contributed by atoms with Gasteiger partial charge in [-0.15, -0.1) is 0 Å². The van der Waals surface area contributed by atoms with Gasteiger partial charge in [-0.3, -0.25) is 9.59 Å². The fourth-order valence-corrected chi connectivity index (χ4v) is 3.38. The van der Waals surface area contributed by atoms with Crippen molar-refractivity contribution in [3.63, 3.8) is 0 Å². The lowest BCUT2D eigenvalue weighted by molar-refractivity contribution is -0.126. The predicted octanol–water partition coefficient (Wildman–Crippen LogP) is 2.65. The minimum atomic E-state index is -0.976. The lowest BCUT2D eigenvalue weighted by Crippen LogP contribution is -2.33. The molecule has 2 aromatic rings. The Hall–Kier alpha value is -3.06. The normalized spacial score (nSPS) is 21.0. The summed E-state index contributed by atoms with van der Waals surface area (Å²) < 4.78 is 10.5. The number of amides is 2. The van der Waals surface area contributed by atoms with Crippen molar-refractivity contribution < 1.29 is 23.9 Å². The van der Waals surface area contributed by atoms with Crippen LogP contribution in [-0.4, -0.2) is 37.8 Å². The van der Waals surface area contributed by atoms with Crippen LogP contribution in [0.2, 0.25) is 5.02 Å². The van der Waals surface area contributed by atoms with Gasteiger partial charge in [0.2, 0.25) is 12.0 Å². The molecule has 27 heavy (non-hydrogen) atoms. The standard InChI is InChI=1S/C19H15ClN2O5/c1-25-13-8-3-10(9-14(13)26-2)16-15-17(27-21-16)19(24)22(18(15)23)12-6-4-11(20)5-7-12/h3-9,15,17H,1-2H3/t15-,17+/m1/s1. The lowest BCUT2D eigenvalue weighted by Gasteiger charge is -2.15. The Morgan fingerprint density at radius 2 is 1.70 bits per heavy atom. The van der Waals surface area contributed by atoms with Gasteiger partial charge in [0.25, 0.3) is 5.91 Å². The molecule has 0 N–H and O–H groups in total. The highest BCUT2D eigenvalue weighted by molar-refractivity contribution is 6.33. The summed E-state index contributed by atoms with van der Waals surface area (Å²) in [6.45, 7) is 0. The molecular formula is C19H15ClN2O5. The molecule has 2 amide bonds. The summed E-state index contributed by atoms with van der Waals surface area (Å²) in [7, 11) is 3.05. The number of fused-ring (bicyclic) bond motifs is 1. The van der Waals surface area contributed by atoms with Crippen molar-refractivity contribution in [3.05, 3.63) is 53.1 Å². The molecule has 138 valence electrons. The maximum atomic E-state index is 13.0. The fourth-order valence-electron chi connectivity index (χ4n) is 3.26. The first-order chi connectivity index (χ1) is 13.0. The minimum Gasteiger partial charge on any atom is -0.493 e. The molecule has 2 aromatic carbocycles. The van der Waals surface area contributed by atoms with E-state index in [4.69, 9.17) is 25.9 Å². The molecule has 2 aliphatic rings. The molecule has 4 rings (SSSR count). The van der Waals surface area contributed by atoms with Crippen LogP contribution in [0.4, 0.5) is 5.69 Å². The molecule has 2 atom stereocenters. The average molecular weight is 387 g/mol. The van der Waals surface area contributed by atoms with Crippen LogP contribution in [0.3, 0.4) is 0 Å². The van der Waals surface area contributed by atoms with Gasteiger partial charge in [0.1, 0.15) is 11.6 Å². The predicted molar refractivity (Wildman–Crippen MR) is 98.4 cm³/mol. The summed E-state index contributed by atoms with van der Waals surface area (Å²) in [4.78, 5) is 32.1. The van der Waals surface area contributed by atoms with Crippen LogP contribution in [0, 0.1) is 5.92 Å². The summed E-state index contributed by atoms with van der Waals surface area (Å²) >= 11 is 5.89. The first kappa shape index (κ1) is 17.4. The van der Waals surface area contributed by atoms with Gasteiger partial charge in [-0.05, 0) is 42.5 Å². The van der Waals surface area contributed by atoms with Crippen LogP contribution in [-0.2, 0) is 14.4 Å². The number of hydrogen-bond donors (Lipinski definition) is 0. The van der Waals surface area contributed by atoms with E-state index in [1.165, 1.54) is 14.2 Å². The van der Waals surface area contributed by atoms with Gasteiger partial charge in [-0.1, -0.05) is 16.8 Å². The van der Waals surface area contributed by atoms with E-state index in [1.807, 2.05) is 0 Å². The fraction of sp³-hybridized carbons (Fsp3) is 0.211. The number of carbonyl (C=O) groups is 2. The molecule has 0 unspecified atom stereocenters. The summed E-state index contributed by atoms with van der Waals surface area (Å²) in [5, 5.41) is 4.51. The van der Waals surface area contributed by atoms with Gasteiger partial charge in [-0.25, -0.2) is 4.90 Å². The Bertz CT molecular complexity index is 957. The van der Waals surface area contributed by atoms with E-state index in [2.05, 4.69) is 5.16 Å². The first-order valence-electron chi connectivity index (χ1n) is 8.14. The van der Waals surface area contributed by atoms with Crippen LogP contribution in [0.25, 0.3) is 0 Å². The smallest absolute Gasteiger partial charge is 0.278 e. The van der Waals surface area contributed by atoms with E-state index in [9.17, 15) is 9.59 Å². The van der Waals surface area contributed by atoms with Crippen molar-refractivity contribution in [2.45, 2.75) is 6.10 Å². The quantitative estimate of drug-likeness (QED) is 0.755. The van der Waals surface area contributed by atoms with E-state index >= 15 is 0 Å². The summed E-state index contributed by atoms with van der Waals surface area (Å²) in [6.07, 6.45) is -0.976. The van der Waals surface area contributed by atoms with Crippen molar-refractivity contribution in [1.82, 2.24) is 0 Å². The van der Waals surface area contributed by atoms with E-state index < -0.39 is 23.8 Å². The lowest BCUT2D eigenvalue weighted by atomic mass is 9.94. The third-order valence-corrected chi connectivity index (χ3v) is 4.83. The van der Waals surface area contributed by atoms with Crippen LogP contribution >= 0.6 is 11.6 Å². The first-order valence-corrected chi connectivity index (χ1v) is 8.52. The van der Waals surface area contributed by atoms with Gasteiger partial charge in [0.15, 0.2) is 11.5 Å². The maximum Gasteiger partial charge on any atom is 0.278 e. The molecule has 0 radical (unpaired) electrons. The SMILES string of the molecule is COc1ccc(C2=NO[C@@H]3C(=O)N(c4ccc(Cl)cc4)C(=O)[C@H]23)cc1OC. The molecule has 2 heterocycles. The van der Waals surface area contributed by atoms with E-state index in [1.54, 1.807) is 42.5 Å². The van der Waals surface area contributed by atoms with Gasteiger partial charge in [0, 0.05) is 10.6 Å². The number of imide groups is 1. The topological polar surface area (TPSA) is 77.4 Å². The van der Waals surface area contributed by atoms with Crippen molar-refractivity contribution in [2.75, 3.05) is 19.1 Å². The molecular weight excluding hydrogens is 372 g/mol. The zero-order valence-corrected chi connectivity index (χ0v) is 15.3. The molecule has 2 aliphatic heterocycles. The summed E-state index contributed by atoms with van der Waals surface area (Å²) in [6, 6.07) is 11.6. The Balaban J connectivity index is 1.69. The zero-order chi connectivity index (χ0) is 19.1. The Labute approximate surface area is 160 Å². The van der Waals surface area contributed by atoms with E-state index in [0.717, 1.165) is 4.90 Å². The largest absolute Gasteiger partial charge is 0.493 e. The molecule has 1 fully saturated rings. The highest BCUT2D eigenvalue weighted by Gasteiger charge is 2.56. The second-order valence-electron chi connectivity index (χ2n) is 6.04. The van der Waals surface area contributed by atoms with E-state index in [-0.39, 0.29) is 0 Å². The number of carbonyl (C=O) groups excluding carboxylic acids is 2. The van der Waals surface area contributed by atoms with Crippen molar-refractivity contribution >= 4 is 34.8 Å². The molecule has 0 spiro atoms. The number of anilines is 1. The number of hydrogen-bond acceptors (Lipinski definition) is 6. The Kier molecular flexibility index (Phi) is 4.24. The summed E-state index contributed by atoms with van der Waals surface area (Å²) in [5.41, 5.74) is 1.45. The number of nitrogens with zero attached hydrogens (tertiary/aromatic N) is 2. The van der Waals surface area contributed by atoms with Crippen molar-refractivity contribution in [3.8, 4) is 11.5 Å². The van der Waals surface area contributed by atoms with Gasteiger partial charge in [-0.2, -0.15) is 0 Å². The maximum absolute atomic E-state index is 13.0. The second kappa shape index (κ2) is 6.59. The third kappa shape index (κ3) is 2.71. The number of halogens is 1. The number of benzene rings is 2. The number of rotatable bonds is 4. The van der Waals surface area contributed by atoms with Crippen LogP contribution < -0.4 is 14.4 Å². The third-order valence-electron chi connectivity index (χ3n) is 4.58. The second-order valence-corrected chi connectivity index (χ2v) is 6.47. The van der Waals surface area contributed by atoms with Crippen LogP contribution in [0.5, 0.6) is 11.5 Å². The zero-order valence-electron chi connectivity index (χ0n) is 14.5. The minimum absolute atomic E-state index is 0.385. The molecule has 0 bridgehead atoms. The summed E-state index contributed by atoms with van der Waals surface area (Å²) in [5.74, 6) is -0.613. The molecule has 0 saturated carbocycles. The molecule has 7 nitrogen and oxygen atoms in total. The number of ether oxygens (including phenoxy) is 2. The Morgan fingerprint density at radius 3 is 2.37 bits per heavy atom. The molecule has 1 saturated heterocycles. The van der Waals surface area contributed by atoms with Gasteiger partial charge >= 0.3 is 0 Å². The number of oxime groups is 1. The van der Waals surface area contributed by atoms with Gasteiger partial charge < -0.3 is 14.3 Å². The van der Waals surface area contributed by atoms with Crippen molar-refractivity contribution in [1.29, 1.82) is 0 Å². The van der Waals surface area contributed by atoms with Gasteiger partial charge in [0.05, 0.1) is 19.9 Å². The molecule has 8 heteroatoms. The van der Waals surface area contributed by atoms with Crippen molar-refractivity contribution in [2.24, 2.45) is 11.1 Å².